The van der Waals surface area contributed by atoms with E-state index in [0.29, 0.717) is 47.4 Å². The number of carbonyl (C=O) groups excluding carboxylic acids is 1. The van der Waals surface area contributed by atoms with E-state index in [9.17, 15) is 9.59 Å². The lowest BCUT2D eigenvalue weighted by atomic mass is 9.79. The Labute approximate surface area is 192 Å². The molecule has 0 saturated heterocycles. The number of hydrogen-bond donors (Lipinski definition) is 2. The Morgan fingerprint density at radius 2 is 1.94 bits per heavy atom. The van der Waals surface area contributed by atoms with Gasteiger partial charge in [0, 0.05) is 37.8 Å². The smallest absolute Gasteiger partial charge is 0.262 e. The third-order valence-corrected chi connectivity index (χ3v) is 6.83. The highest BCUT2D eigenvalue weighted by Gasteiger charge is 2.35. The van der Waals surface area contributed by atoms with Crippen molar-refractivity contribution in [3.8, 4) is 0 Å². The van der Waals surface area contributed by atoms with E-state index in [4.69, 9.17) is 17.0 Å². The van der Waals surface area contributed by atoms with Gasteiger partial charge in [-0.2, -0.15) is 0 Å². The van der Waals surface area contributed by atoms with Crippen LogP contribution in [0.2, 0.25) is 0 Å². The van der Waals surface area contributed by atoms with Crippen molar-refractivity contribution in [1.29, 1.82) is 0 Å². The van der Waals surface area contributed by atoms with Gasteiger partial charge >= 0.3 is 0 Å². The molecule has 4 rings (SSSR count). The monoisotopic (exact) mass is 451 g/mol. The molecule has 32 heavy (non-hydrogen) atoms. The summed E-state index contributed by atoms with van der Waals surface area (Å²) in [5.74, 6) is -0.141. The molecule has 1 aliphatic rings. The molecule has 1 amide bonds. The van der Waals surface area contributed by atoms with E-state index in [1.54, 1.807) is 29.9 Å². The Kier molecular flexibility index (Phi) is 6.86. The highest BCUT2D eigenvalue weighted by molar-refractivity contribution is 7.71. The van der Waals surface area contributed by atoms with Crippen LogP contribution >= 0.6 is 12.2 Å². The highest BCUT2D eigenvalue weighted by Crippen LogP contribution is 2.40. The average Bonchev–Trinajstić information content (AvgIpc) is 3.30. The van der Waals surface area contributed by atoms with Gasteiger partial charge in [-0.15, -0.1) is 0 Å². The maximum absolute atomic E-state index is 13.0. The second kappa shape index (κ2) is 9.79. The van der Waals surface area contributed by atoms with Crippen LogP contribution in [0.5, 0.6) is 0 Å². The van der Waals surface area contributed by atoms with Gasteiger partial charge < -0.3 is 15.0 Å². The van der Waals surface area contributed by atoms with Crippen LogP contribution < -0.4 is 10.9 Å². The van der Waals surface area contributed by atoms with E-state index >= 15 is 0 Å². The zero-order valence-corrected chi connectivity index (χ0v) is 19.2. The number of rotatable bonds is 8. The molecular weight excluding hydrogens is 422 g/mol. The fourth-order valence-corrected chi connectivity index (χ4v) is 5.01. The molecule has 0 atom stereocenters. The summed E-state index contributed by atoms with van der Waals surface area (Å²) in [6, 6.07) is 15.6. The number of carbonyl (C=O) groups is 1. The molecule has 0 unspecified atom stereocenters. The molecule has 3 aromatic rings. The van der Waals surface area contributed by atoms with Crippen molar-refractivity contribution in [3.63, 3.8) is 0 Å². The first-order valence-corrected chi connectivity index (χ1v) is 11.5. The second-order valence-electron chi connectivity index (χ2n) is 8.53. The number of nitrogens with one attached hydrogen (secondary N) is 2. The summed E-state index contributed by atoms with van der Waals surface area (Å²) >= 11 is 5.38. The lowest BCUT2D eigenvalue weighted by molar-refractivity contribution is 0.0943. The number of aromatic nitrogens is 2. The van der Waals surface area contributed by atoms with E-state index in [2.05, 4.69) is 34.6 Å². The van der Waals surface area contributed by atoms with Gasteiger partial charge in [-0.3, -0.25) is 14.2 Å². The lowest BCUT2D eigenvalue weighted by Gasteiger charge is -2.30. The minimum absolute atomic E-state index is 0.0103. The fraction of sp³-hybridized carbons (Fsp3) is 0.400. The Hall–Kier alpha value is -2.77. The molecule has 168 valence electrons. The van der Waals surface area contributed by atoms with E-state index in [-0.39, 0.29) is 16.9 Å². The molecule has 0 bridgehead atoms. The number of fused-ring (bicyclic) bond motifs is 1. The van der Waals surface area contributed by atoms with Crippen LogP contribution in [-0.2, 0) is 16.7 Å². The third kappa shape index (κ3) is 4.54. The largest absolute Gasteiger partial charge is 0.385 e. The Morgan fingerprint density at radius 1 is 1.19 bits per heavy atom. The van der Waals surface area contributed by atoms with E-state index in [1.807, 2.05) is 6.07 Å². The molecule has 1 fully saturated rings. The minimum atomic E-state index is -0.152. The van der Waals surface area contributed by atoms with Crippen LogP contribution in [0.1, 0.15) is 48.0 Å². The van der Waals surface area contributed by atoms with Crippen molar-refractivity contribution < 1.29 is 9.53 Å². The van der Waals surface area contributed by atoms with Crippen LogP contribution in [0, 0.1) is 4.77 Å². The van der Waals surface area contributed by atoms with E-state index in [1.165, 1.54) is 18.4 Å². The van der Waals surface area contributed by atoms with Gasteiger partial charge in [-0.1, -0.05) is 43.2 Å². The van der Waals surface area contributed by atoms with Gasteiger partial charge in [0.15, 0.2) is 4.77 Å². The number of aromatic amines is 1. The number of hydrogen-bond acceptors (Lipinski definition) is 4. The van der Waals surface area contributed by atoms with Crippen LogP contribution in [0.3, 0.4) is 0 Å². The normalized spacial score (nSPS) is 15.2. The lowest BCUT2D eigenvalue weighted by Crippen LogP contribution is -2.39. The van der Waals surface area contributed by atoms with E-state index in [0.717, 1.165) is 12.8 Å². The predicted octanol–water partition coefficient (Wildman–Crippen LogP) is 4.34. The summed E-state index contributed by atoms with van der Waals surface area (Å²) < 4.78 is 6.96. The highest BCUT2D eigenvalue weighted by atomic mass is 32.1. The summed E-state index contributed by atoms with van der Waals surface area (Å²) in [7, 11) is 1.63. The Morgan fingerprint density at radius 3 is 2.66 bits per heavy atom. The maximum Gasteiger partial charge on any atom is 0.262 e. The topological polar surface area (TPSA) is 76.1 Å². The fourth-order valence-electron chi connectivity index (χ4n) is 4.73. The van der Waals surface area contributed by atoms with Crippen LogP contribution in [0.15, 0.2) is 53.3 Å². The summed E-state index contributed by atoms with van der Waals surface area (Å²) in [6.45, 7) is 1.65. The molecule has 0 radical (unpaired) electrons. The molecule has 6 nitrogen and oxygen atoms in total. The zero-order valence-electron chi connectivity index (χ0n) is 18.4. The average molecular weight is 452 g/mol. The van der Waals surface area contributed by atoms with Crippen LogP contribution in [0.4, 0.5) is 0 Å². The SMILES string of the molecule is COCCCn1c(=S)[nH]c2cc(C(=O)NCC3(c4ccccc4)CCCC3)ccc2c1=O. The number of benzene rings is 2. The van der Waals surface area contributed by atoms with Gasteiger partial charge in [-0.25, -0.2) is 0 Å². The number of nitrogens with zero attached hydrogens (tertiary/aromatic N) is 1. The minimum Gasteiger partial charge on any atom is -0.385 e. The van der Waals surface area contributed by atoms with Gasteiger partial charge in [0.05, 0.1) is 10.9 Å². The van der Waals surface area contributed by atoms with Gasteiger partial charge in [-0.05, 0) is 55.2 Å². The molecule has 1 aromatic heterocycles. The summed E-state index contributed by atoms with van der Waals surface area (Å²) in [6.07, 6.45) is 5.19. The number of H-pyrrole nitrogens is 1. The number of ether oxygens (including phenoxy) is 1. The van der Waals surface area contributed by atoms with Crippen molar-refractivity contribution in [1.82, 2.24) is 14.9 Å². The Bertz CT molecular complexity index is 1210. The van der Waals surface area contributed by atoms with Gasteiger partial charge in [0.1, 0.15) is 0 Å². The molecule has 2 aromatic carbocycles. The van der Waals surface area contributed by atoms with Crippen molar-refractivity contribution in [2.45, 2.75) is 44.1 Å². The van der Waals surface area contributed by atoms with Crippen molar-refractivity contribution >= 4 is 29.0 Å². The van der Waals surface area contributed by atoms with Crippen LogP contribution in [0.25, 0.3) is 10.9 Å². The summed E-state index contributed by atoms with van der Waals surface area (Å²) in [5.41, 5.74) is 2.22. The molecule has 0 spiro atoms. The van der Waals surface area contributed by atoms with Crippen molar-refractivity contribution in [2.24, 2.45) is 0 Å². The predicted molar refractivity (Wildman–Crippen MR) is 129 cm³/mol. The molecule has 1 aliphatic carbocycles. The first-order chi connectivity index (χ1) is 15.5. The summed E-state index contributed by atoms with van der Waals surface area (Å²) in [4.78, 5) is 28.9. The molecule has 7 heteroatoms. The Balaban J connectivity index is 1.54. The zero-order chi connectivity index (χ0) is 22.6. The van der Waals surface area contributed by atoms with Gasteiger partial charge in [0.2, 0.25) is 0 Å². The first-order valence-electron chi connectivity index (χ1n) is 11.1. The van der Waals surface area contributed by atoms with Gasteiger partial charge in [0.25, 0.3) is 11.5 Å². The standard InChI is InChI=1S/C25H29N3O3S/c1-31-15-7-14-28-23(30)20-11-10-18(16-21(20)27-24(28)32)22(29)26-17-25(12-5-6-13-25)19-8-3-2-4-9-19/h2-4,8-11,16H,5-7,12-15,17H2,1H3,(H,26,29)(H,27,32). The first kappa shape index (κ1) is 22.4. The van der Waals surface area contributed by atoms with Crippen LogP contribution in [-0.4, -0.2) is 35.7 Å². The van der Waals surface area contributed by atoms with Crippen molar-refractivity contribution in [2.75, 3.05) is 20.3 Å². The molecule has 1 saturated carbocycles. The maximum atomic E-state index is 13.0. The molecular formula is C25H29N3O3S. The molecule has 2 N–H and O–H groups in total. The third-order valence-electron chi connectivity index (χ3n) is 6.51. The number of amides is 1. The van der Waals surface area contributed by atoms with Crippen molar-refractivity contribution in [3.05, 3.63) is 74.8 Å². The quantitative estimate of drug-likeness (QED) is 0.395. The summed E-state index contributed by atoms with van der Waals surface area (Å²) in [5, 5.41) is 3.66. The molecule has 0 aliphatic heterocycles. The second-order valence-corrected chi connectivity index (χ2v) is 8.92. The van der Waals surface area contributed by atoms with E-state index < -0.39 is 0 Å². The number of methoxy groups -OCH3 is 1. The molecule has 1 heterocycles.